The Kier molecular flexibility index (Phi) is 5.30. The lowest BCUT2D eigenvalue weighted by atomic mass is 10.1. The maximum Gasteiger partial charge on any atom is 0.163 e. The first-order valence-corrected chi connectivity index (χ1v) is 5.61. The number of rotatable bonds is 5. The number of nitrogens with two attached hydrogens (primary N) is 1. The molecule has 0 aliphatic heterocycles. The summed E-state index contributed by atoms with van der Waals surface area (Å²) in [6, 6.07) is 10.4. The van der Waals surface area contributed by atoms with Crippen molar-refractivity contribution in [2.24, 2.45) is 5.73 Å². The number of aryl methyl sites for hydroxylation is 1. The van der Waals surface area contributed by atoms with Crippen molar-refractivity contribution < 1.29 is 0 Å². The lowest BCUT2D eigenvalue weighted by Crippen LogP contribution is -2.30. The average molecular weight is 233 g/mol. The van der Waals surface area contributed by atoms with E-state index >= 15 is 0 Å². The normalized spacial score (nSPS) is 9.44. The highest BCUT2D eigenvalue weighted by Crippen LogP contribution is 2.06. The first-order valence-electron chi connectivity index (χ1n) is 5.20. The molecule has 1 rings (SSSR count). The van der Waals surface area contributed by atoms with Crippen LogP contribution in [0.5, 0.6) is 0 Å². The van der Waals surface area contributed by atoms with E-state index in [0.29, 0.717) is 11.5 Å². The molecule has 1 aromatic carbocycles. The minimum Gasteiger partial charge on any atom is -0.376 e. The minimum absolute atomic E-state index is 0.339. The molecule has 1 aromatic rings. The molecule has 0 fully saturated rings. The Morgan fingerprint density at radius 2 is 1.81 bits per heavy atom. The smallest absolute Gasteiger partial charge is 0.163 e. The quantitative estimate of drug-likeness (QED) is 0.757. The molecular weight excluding hydrogens is 218 g/mol. The van der Waals surface area contributed by atoms with Gasteiger partial charge < -0.3 is 11.1 Å². The zero-order valence-corrected chi connectivity index (χ0v) is 9.89. The van der Waals surface area contributed by atoms with Crippen molar-refractivity contribution in [3.63, 3.8) is 0 Å². The van der Waals surface area contributed by atoms with E-state index in [-0.39, 0.29) is 0 Å². The van der Waals surface area contributed by atoms with Crippen LogP contribution in [0.25, 0.3) is 0 Å². The molecule has 0 aliphatic carbocycles. The van der Waals surface area contributed by atoms with Gasteiger partial charge in [0.1, 0.15) is 0 Å². The Morgan fingerprint density at radius 3 is 2.31 bits per heavy atom. The van der Waals surface area contributed by atoms with E-state index in [2.05, 4.69) is 35.7 Å². The molecule has 0 spiro atoms. The number of benzene rings is 1. The summed E-state index contributed by atoms with van der Waals surface area (Å²) in [6.45, 7) is 0.757. The predicted octanol–water partition coefficient (Wildman–Crippen LogP) is 1.52. The molecule has 0 saturated carbocycles. The van der Waals surface area contributed by atoms with Gasteiger partial charge in [0.05, 0.1) is 6.07 Å². The molecule has 0 radical (unpaired) electrons. The number of nitrogens with one attached hydrogen (secondary N) is 1. The predicted molar refractivity (Wildman–Crippen MR) is 68.9 cm³/mol. The van der Waals surface area contributed by atoms with Gasteiger partial charge in [-0.05, 0) is 36.2 Å². The van der Waals surface area contributed by atoms with Crippen LogP contribution in [0.1, 0.15) is 17.5 Å². The van der Waals surface area contributed by atoms with Crippen molar-refractivity contribution in [3.8, 4) is 6.07 Å². The van der Waals surface area contributed by atoms with Gasteiger partial charge in [-0.25, -0.2) is 0 Å². The molecule has 16 heavy (non-hydrogen) atoms. The third kappa shape index (κ3) is 4.76. The van der Waals surface area contributed by atoms with Gasteiger partial charge in [-0.1, -0.05) is 24.3 Å². The van der Waals surface area contributed by atoms with E-state index in [9.17, 15) is 0 Å². The molecule has 3 N–H and O–H groups in total. The Balaban J connectivity index is 2.39. The molecule has 3 nitrogen and oxygen atoms in total. The summed E-state index contributed by atoms with van der Waals surface area (Å²) < 4.78 is 0. The fraction of sp³-hybridized carbons (Fsp3) is 0.333. The Morgan fingerprint density at radius 1 is 1.25 bits per heavy atom. The second kappa shape index (κ2) is 6.81. The van der Waals surface area contributed by atoms with Crippen molar-refractivity contribution in [1.82, 2.24) is 5.32 Å². The van der Waals surface area contributed by atoms with Crippen molar-refractivity contribution in [2.45, 2.75) is 19.3 Å². The van der Waals surface area contributed by atoms with Crippen molar-refractivity contribution >= 4 is 17.3 Å². The third-order valence-corrected chi connectivity index (χ3v) is 2.41. The molecule has 0 unspecified atom stereocenters. The Hall–Kier alpha value is -1.60. The van der Waals surface area contributed by atoms with Crippen molar-refractivity contribution in [2.75, 3.05) is 6.54 Å². The number of hydrogen-bond donors (Lipinski definition) is 2. The molecule has 84 valence electrons. The van der Waals surface area contributed by atoms with E-state index in [1.54, 1.807) is 0 Å². The molecule has 0 aliphatic rings. The van der Waals surface area contributed by atoms with Gasteiger partial charge in [0.2, 0.25) is 0 Å². The fourth-order valence-corrected chi connectivity index (χ4v) is 1.50. The SMILES string of the molecule is N#CCCc1ccc(CCNC(N)=S)cc1. The van der Waals surface area contributed by atoms with E-state index in [0.717, 1.165) is 19.4 Å². The number of thiocarbonyl (C=S) groups is 1. The summed E-state index contributed by atoms with van der Waals surface area (Å²) in [5, 5.41) is 11.7. The van der Waals surface area contributed by atoms with Crippen molar-refractivity contribution in [3.05, 3.63) is 35.4 Å². The topological polar surface area (TPSA) is 61.8 Å². The maximum atomic E-state index is 8.47. The van der Waals surface area contributed by atoms with Crippen LogP contribution in [0.15, 0.2) is 24.3 Å². The highest BCUT2D eigenvalue weighted by atomic mass is 32.1. The molecule has 0 amide bonds. The van der Waals surface area contributed by atoms with Crippen molar-refractivity contribution in [1.29, 1.82) is 5.26 Å². The number of nitrogens with zero attached hydrogens (tertiary/aromatic N) is 1. The van der Waals surface area contributed by atoms with Crippen LogP contribution in [-0.4, -0.2) is 11.7 Å². The summed E-state index contributed by atoms with van der Waals surface area (Å²) in [4.78, 5) is 0. The molecule has 0 heterocycles. The number of hydrogen-bond acceptors (Lipinski definition) is 2. The van der Waals surface area contributed by atoms with E-state index in [1.807, 2.05) is 0 Å². The zero-order chi connectivity index (χ0) is 11.8. The molecule has 4 heteroatoms. The van der Waals surface area contributed by atoms with Gasteiger partial charge >= 0.3 is 0 Å². The van der Waals surface area contributed by atoms with Gasteiger partial charge in [-0.15, -0.1) is 0 Å². The Labute approximate surface area is 101 Å². The minimum atomic E-state index is 0.339. The second-order valence-electron chi connectivity index (χ2n) is 3.52. The van der Waals surface area contributed by atoms with E-state index < -0.39 is 0 Å². The van der Waals surface area contributed by atoms with Crippen LogP contribution >= 0.6 is 12.2 Å². The molecule has 0 atom stereocenters. The lowest BCUT2D eigenvalue weighted by molar-refractivity contribution is 0.868. The van der Waals surface area contributed by atoms with Gasteiger partial charge in [0.25, 0.3) is 0 Å². The van der Waals surface area contributed by atoms with Crippen LogP contribution in [0.4, 0.5) is 0 Å². The van der Waals surface area contributed by atoms with Crippen LogP contribution in [0, 0.1) is 11.3 Å². The third-order valence-electron chi connectivity index (χ3n) is 2.26. The van der Waals surface area contributed by atoms with Gasteiger partial charge in [-0.2, -0.15) is 5.26 Å². The summed E-state index contributed by atoms with van der Waals surface area (Å²) in [7, 11) is 0. The largest absolute Gasteiger partial charge is 0.376 e. The van der Waals surface area contributed by atoms with Crippen LogP contribution < -0.4 is 11.1 Å². The standard InChI is InChI=1S/C12H15N3S/c13-8-1-2-10-3-5-11(6-4-10)7-9-15-12(14)16/h3-6H,1-2,7,9H2,(H3,14,15,16). The van der Waals surface area contributed by atoms with E-state index in [4.69, 9.17) is 23.2 Å². The maximum absolute atomic E-state index is 8.47. The fourth-order valence-electron chi connectivity index (χ4n) is 1.40. The summed E-state index contributed by atoms with van der Waals surface area (Å²) in [5.74, 6) is 0. The van der Waals surface area contributed by atoms with Crippen LogP contribution in [-0.2, 0) is 12.8 Å². The Bertz CT molecular complexity index is 378. The van der Waals surface area contributed by atoms with Crippen LogP contribution in [0.2, 0.25) is 0 Å². The van der Waals surface area contributed by atoms with Crippen LogP contribution in [0.3, 0.4) is 0 Å². The van der Waals surface area contributed by atoms with Gasteiger partial charge in [-0.3, -0.25) is 0 Å². The highest BCUT2D eigenvalue weighted by molar-refractivity contribution is 7.80. The number of nitriles is 1. The first kappa shape index (κ1) is 12.5. The van der Waals surface area contributed by atoms with Gasteiger partial charge in [0.15, 0.2) is 5.11 Å². The average Bonchev–Trinajstić information content (AvgIpc) is 2.27. The van der Waals surface area contributed by atoms with Gasteiger partial charge in [0, 0.05) is 13.0 Å². The lowest BCUT2D eigenvalue weighted by Gasteiger charge is -2.04. The first-order chi connectivity index (χ1) is 7.72. The van der Waals surface area contributed by atoms with E-state index in [1.165, 1.54) is 11.1 Å². The summed E-state index contributed by atoms with van der Waals surface area (Å²) in [6.07, 6.45) is 2.29. The second-order valence-corrected chi connectivity index (χ2v) is 3.96. The summed E-state index contributed by atoms with van der Waals surface area (Å²) in [5.41, 5.74) is 7.77. The molecule has 0 bridgehead atoms. The monoisotopic (exact) mass is 233 g/mol. The molecular formula is C12H15N3S. The zero-order valence-electron chi connectivity index (χ0n) is 9.07. The molecule has 0 aromatic heterocycles. The highest BCUT2D eigenvalue weighted by Gasteiger charge is 1.95. The molecule has 0 saturated heterocycles. The summed E-state index contributed by atoms with van der Waals surface area (Å²) >= 11 is 4.72.